The SMILES string of the molecule is CCNCc1ccccc1NC(=O)CC1OCCc2ccccc21. The number of rotatable bonds is 6. The summed E-state index contributed by atoms with van der Waals surface area (Å²) in [6.07, 6.45) is 1.10. The van der Waals surface area contributed by atoms with Gasteiger partial charge in [-0.3, -0.25) is 4.79 Å². The molecule has 3 rings (SSSR count). The third kappa shape index (κ3) is 4.02. The van der Waals surface area contributed by atoms with E-state index in [1.54, 1.807) is 0 Å². The molecule has 2 aromatic carbocycles. The first kappa shape index (κ1) is 16.7. The molecular weight excluding hydrogens is 300 g/mol. The number of carbonyl (C=O) groups is 1. The topological polar surface area (TPSA) is 50.4 Å². The molecule has 4 nitrogen and oxygen atoms in total. The maximum absolute atomic E-state index is 12.5. The van der Waals surface area contributed by atoms with Crippen molar-refractivity contribution in [3.05, 3.63) is 65.2 Å². The van der Waals surface area contributed by atoms with Crippen molar-refractivity contribution in [2.24, 2.45) is 0 Å². The fourth-order valence-corrected chi connectivity index (χ4v) is 3.07. The van der Waals surface area contributed by atoms with Crippen LogP contribution in [0, 0.1) is 0 Å². The molecule has 0 radical (unpaired) electrons. The van der Waals surface area contributed by atoms with Crippen LogP contribution in [0.2, 0.25) is 0 Å². The van der Waals surface area contributed by atoms with Gasteiger partial charge in [-0.25, -0.2) is 0 Å². The number of benzene rings is 2. The molecule has 24 heavy (non-hydrogen) atoms. The molecule has 1 amide bonds. The highest BCUT2D eigenvalue weighted by atomic mass is 16.5. The second-order valence-electron chi connectivity index (χ2n) is 6.00. The minimum absolute atomic E-state index is 0.0133. The summed E-state index contributed by atoms with van der Waals surface area (Å²) in [5.41, 5.74) is 4.39. The summed E-state index contributed by atoms with van der Waals surface area (Å²) in [6, 6.07) is 16.1. The zero-order valence-corrected chi connectivity index (χ0v) is 14.0. The number of hydrogen-bond donors (Lipinski definition) is 2. The molecule has 2 aromatic rings. The highest BCUT2D eigenvalue weighted by molar-refractivity contribution is 5.92. The van der Waals surface area contributed by atoms with Crippen molar-refractivity contribution < 1.29 is 9.53 Å². The Morgan fingerprint density at radius 3 is 2.83 bits per heavy atom. The summed E-state index contributed by atoms with van der Waals surface area (Å²) in [5, 5.41) is 6.34. The number of fused-ring (bicyclic) bond motifs is 1. The molecule has 1 aliphatic rings. The van der Waals surface area contributed by atoms with Gasteiger partial charge in [0.15, 0.2) is 0 Å². The minimum Gasteiger partial charge on any atom is -0.373 e. The van der Waals surface area contributed by atoms with Gasteiger partial charge in [0.05, 0.1) is 19.1 Å². The first-order valence-electron chi connectivity index (χ1n) is 8.55. The van der Waals surface area contributed by atoms with Crippen molar-refractivity contribution in [2.75, 3.05) is 18.5 Å². The molecule has 1 atom stereocenters. The van der Waals surface area contributed by atoms with Gasteiger partial charge in [-0.05, 0) is 35.7 Å². The van der Waals surface area contributed by atoms with Gasteiger partial charge in [-0.2, -0.15) is 0 Å². The lowest BCUT2D eigenvalue weighted by molar-refractivity contribution is -0.119. The summed E-state index contributed by atoms with van der Waals surface area (Å²) in [7, 11) is 0. The monoisotopic (exact) mass is 324 g/mol. The number of para-hydroxylation sites is 1. The molecular formula is C20H24N2O2. The van der Waals surface area contributed by atoms with Crippen LogP contribution < -0.4 is 10.6 Å². The molecule has 0 aromatic heterocycles. The van der Waals surface area contributed by atoms with Gasteiger partial charge >= 0.3 is 0 Å². The Morgan fingerprint density at radius 2 is 1.96 bits per heavy atom. The maximum atomic E-state index is 12.5. The number of anilines is 1. The fourth-order valence-electron chi connectivity index (χ4n) is 3.07. The van der Waals surface area contributed by atoms with E-state index in [-0.39, 0.29) is 12.0 Å². The van der Waals surface area contributed by atoms with Crippen molar-refractivity contribution in [1.29, 1.82) is 0 Å². The van der Waals surface area contributed by atoms with Gasteiger partial charge in [0, 0.05) is 12.2 Å². The molecule has 126 valence electrons. The van der Waals surface area contributed by atoms with Gasteiger partial charge < -0.3 is 15.4 Å². The first-order valence-corrected chi connectivity index (χ1v) is 8.55. The van der Waals surface area contributed by atoms with Crippen molar-refractivity contribution >= 4 is 11.6 Å². The van der Waals surface area contributed by atoms with Crippen LogP contribution in [0.15, 0.2) is 48.5 Å². The van der Waals surface area contributed by atoms with Crippen LogP contribution in [-0.4, -0.2) is 19.1 Å². The fraction of sp³-hybridized carbons (Fsp3) is 0.350. The second kappa shape index (κ2) is 8.08. The highest BCUT2D eigenvalue weighted by Gasteiger charge is 2.23. The second-order valence-corrected chi connectivity index (χ2v) is 6.00. The van der Waals surface area contributed by atoms with Crippen LogP contribution in [0.1, 0.15) is 36.1 Å². The van der Waals surface area contributed by atoms with E-state index in [0.717, 1.165) is 36.3 Å². The highest BCUT2D eigenvalue weighted by Crippen LogP contribution is 2.30. The third-order valence-corrected chi connectivity index (χ3v) is 4.32. The maximum Gasteiger partial charge on any atom is 0.227 e. The largest absolute Gasteiger partial charge is 0.373 e. The molecule has 0 spiro atoms. The summed E-state index contributed by atoms with van der Waals surface area (Å²) in [6.45, 7) is 4.38. The van der Waals surface area contributed by atoms with E-state index < -0.39 is 0 Å². The Labute approximate surface area is 143 Å². The van der Waals surface area contributed by atoms with Crippen LogP contribution in [0.4, 0.5) is 5.69 Å². The quantitative estimate of drug-likeness (QED) is 0.856. The molecule has 0 bridgehead atoms. The van der Waals surface area contributed by atoms with Gasteiger partial charge in [0.2, 0.25) is 5.91 Å². The molecule has 1 heterocycles. The average Bonchev–Trinajstić information content (AvgIpc) is 2.61. The number of ether oxygens (including phenoxy) is 1. The van der Waals surface area contributed by atoms with Gasteiger partial charge in [0.1, 0.15) is 0 Å². The van der Waals surface area contributed by atoms with Gasteiger partial charge in [-0.15, -0.1) is 0 Å². The van der Waals surface area contributed by atoms with Crippen molar-refractivity contribution in [2.45, 2.75) is 32.4 Å². The van der Waals surface area contributed by atoms with E-state index in [1.807, 2.05) is 36.4 Å². The predicted molar refractivity (Wildman–Crippen MR) is 95.9 cm³/mol. The molecule has 2 N–H and O–H groups in total. The lowest BCUT2D eigenvalue weighted by Gasteiger charge is -2.25. The number of hydrogen-bond acceptors (Lipinski definition) is 3. The van der Waals surface area contributed by atoms with E-state index in [9.17, 15) is 4.79 Å². The Hall–Kier alpha value is -2.17. The lowest BCUT2D eigenvalue weighted by atomic mass is 9.95. The Kier molecular flexibility index (Phi) is 5.62. The van der Waals surface area contributed by atoms with E-state index in [1.165, 1.54) is 5.56 Å². The molecule has 0 aliphatic carbocycles. The molecule has 0 saturated heterocycles. The summed E-state index contributed by atoms with van der Waals surface area (Å²) in [4.78, 5) is 12.5. The summed E-state index contributed by atoms with van der Waals surface area (Å²) < 4.78 is 5.83. The molecule has 0 saturated carbocycles. The zero-order chi connectivity index (χ0) is 16.8. The number of carbonyl (C=O) groups excluding carboxylic acids is 1. The van der Waals surface area contributed by atoms with Gasteiger partial charge in [-0.1, -0.05) is 49.4 Å². The van der Waals surface area contributed by atoms with E-state index in [0.29, 0.717) is 13.0 Å². The standard InChI is InChI=1S/C20H24N2O2/c1-2-21-14-16-8-4-6-10-18(16)22-20(23)13-19-17-9-5-3-7-15(17)11-12-24-19/h3-10,19,21H,2,11-14H2,1H3,(H,22,23). The number of nitrogens with one attached hydrogen (secondary N) is 2. The third-order valence-electron chi connectivity index (χ3n) is 4.32. The van der Waals surface area contributed by atoms with Crippen LogP contribution in [-0.2, 0) is 22.5 Å². The van der Waals surface area contributed by atoms with Crippen LogP contribution in [0.5, 0.6) is 0 Å². The van der Waals surface area contributed by atoms with E-state index in [4.69, 9.17) is 4.74 Å². The predicted octanol–water partition coefficient (Wildman–Crippen LogP) is 3.44. The van der Waals surface area contributed by atoms with Crippen molar-refractivity contribution in [3.63, 3.8) is 0 Å². The van der Waals surface area contributed by atoms with Crippen LogP contribution in [0.3, 0.4) is 0 Å². The average molecular weight is 324 g/mol. The molecule has 0 fully saturated rings. The Morgan fingerprint density at radius 1 is 1.17 bits per heavy atom. The summed E-state index contributed by atoms with van der Waals surface area (Å²) >= 11 is 0. The molecule has 4 heteroatoms. The van der Waals surface area contributed by atoms with Crippen LogP contribution >= 0.6 is 0 Å². The van der Waals surface area contributed by atoms with Gasteiger partial charge in [0.25, 0.3) is 0 Å². The lowest BCUT2D eigenvalue weighted by Crippen LogP contribution is -2.23. The minimum atomic E-state index is -0.157. The molecule has 1 aliphatic heterocycles. The van der Waals surface area contributed by atoms with E-state index in [2.05, 4.69) is 29.7 Å². The first-order chi connectivity index (χ1) is 11.8. The smallest absolute Gasteiger partial charge is 0.227 e. The normalized spacial score (nSPS) is 16.5. The Balaban J connectivity index is 1.67. The van der Waals surface area contributed by atoms with Crippen LogP contribution in [0.25, 0.3) is 0 Å². The molecule has 1 unspecified atom stereocenters. The van der Waals surface area contributed by atoms with E-state index >= 15 is 0 Å². The zero-order valence-electron chi connectivity index (χ0n) is 14.0. The Bertz CT molecular complexity index is 700. The summed E-state index contributed by atoms with van der Waals surface area (Å²) in [5.74, 6) is -0.0133. The number of amides is 1. The van der Waals surface area contributed by atoms with Crippen molar-refractivity contribution in [3.8, 4) is 0 Å². The van der Waals surface area contributed by atoms with Crippen molar-refractivity contribution in [1.82, 2.24) is 5.32 Å².